The first-order valence-electron chi connectivity index (χ1n) is 10.0. The van der Waals surface area contributed by atoms with E-state index in [1.165, 1.54) is 35.3 Å². The maximum absolute atomic E-state index is 13.8. The molecule has 0 unspecified atom stereocenters. The molecule has 0 saturated heterocycles. The van der Waals surface area contributed by atoms with Gasteiger partial charge in [-0.3, -0.25) is 9.36 Å². The first-order chi connectivity index (χ1) is 14.6. The minimum absolute atomic E-state index is 0.345. The fourth-order valence-electron chi connectivity index (χ4n) is 3.62. The van der Waals surface area contributed by atoms with Crippen molar-refractivity contribution in [1.29, 1.82) is 0 Å². The maximum atomic E-state index is 13.8. The molecule has 0 aliphatic rings. The van der Waals surface area contributed by atoms with Crippen molar-refractivity contribution < 1.29 is 9.90 Å². The van der Waals surface area contributed by atoms with Crippen molar-refractivity contribution in [3.05, 3.63) is 74.9 Å². The summed E-state index contributed by atoms with van der Waals surface area (Å²) in [5.74, 6) is -0.731. The molecule has 4 rings (SSSR count). The Kier molecular flexibility index (Phi) is 5.06. The number of fused-ring (bicyclic) bond motifs is 1. The molecule has 0 amide bonds. The van der Waals surface area contributed by atoms with Crippen LogP contribution in [0.5, 0.6) is 0 Å². The Labute approximate surface area is 184 Å². The summed E-state index contributed by atoms with van der Waals surface area (Å²) < 4.78 is 1.32. The predicted molar refractivity (Wildman–Crippen MR) is 126 cm³/mol. The van der Waals surface area contributed by atoms with E-state index in [1.807, 2.05) is 62.5 Å². The molecule has 2 aromatic heterocycles. The minimum atomic E-state index is -1.47. The van der Waals surface area contributed by atoms with Crippen LogP contribution in [-0.2, 0) is 10.3 Å². The zero-order valence-electron chi connectivity index (χ0n) is 18.2. The molecule has 158 valence electrons. The number of aryl methyl sites for hydroxylation is 3. The largest absolute Gasteiger partial charge is 0.480 e. The number of benzene rings is 2. The number of carboxylic acid groups (broad SMARTS) is 1. The average Bonchev–Trinajstić information content (AvgIpc) is 3.14. The van der Waals surface area contributed by atoms with Crippen molar-refractivity contribution in [2.45, 2.75) is 40.2 Å². The van der Waals surface area contributed by atoms with Gasteiger partial charge in [0, 0.05) is 16.5 Å². The van der Waals surface area contributed by atoms with E-state index in [4.69, 9.17) is 4.98 Å². The molecule has 0 bridgehead atoms. The molecule has 0 saturated carbocycles. The quantitative estimate of drug-likeness (QED) is 0.460. The van der Waals surface area contributed by atoms with Gasteiger partial charge in [-0.2, -0.15) is 0 Å². The number of hydrogen-bond acceptors (Lipinski definition) is 4. The van der Waals surface area contributed by atoms with Crippen molar-refractivity contribution in [2.24, 2.45) is 0 Å². The number of aliphatic carboxylic acids is 1. The van der Waals surface area contributed by atoms with Gasteiger partial charge in [-0.25, -0.2) is 9.78 Å². The Balaban J connectivity index is 2.08. The van der Waals surface area contributed by atoms with Crippen LogP contribution in [0.4, 0.5) is 0 Å². The van der Waals surface area contributed by atoms with Crippen LogP contribution >= 0.6 is 11.3 Å². The smallest absolute Gasteiger partial charge is 0.329 e. The van der Waals surface area contributed by atoms with Gasteiger partial charge in [0.2, 0.25) is 0 Å². The van der Waals surface area contributed by atoms with E-state index >= 15 is 0 Å². The highest BCUT2D eigenvalue weighted by Gasteiger charge is 2.35. The maximum Gasteiger partial charge on any atom is 0.329 e. The van der Waals surface area contributed by atoms with Gasteiger partial charge in [-0.05, 0) is 51.3 Å². The molecule has 0 spiro atoms. The SMILES string of the molecule is Cc1ccc(-c2nc3scc(-c4ccc(C)c(C)c4)c3c(=O)n2C(C)(C)C(=O)O)cc1. The van der Waals surface area contributed by atoms with Crippen molar-refractivity contribution in [1.82, 2.24) is 9.55 Å². The summed E-state index contributed by atoms with van der Waals surface area (Å²) in [6, 6.07) is 13.7. The molecule has 4 aromatic rings. The van der Waals surface area contributed by atoms with Gasteiger partial charge in [0.15, 0.2) is 0 Å². The van der Waals surface area contributed by atoms with Gasteiger partial charge < -0.3 is 5.11 Å². The molecular formula is C25H24N2O3S. The first kappa shape index (κ1) is 21.0. The van der Waals surface area contributed by atoms with Crippen LogP contribution in [0.1, 0.15) is 30.5 Å². The Morgan fingerprint density at radius 3 is 2.26 bits per heavy atom. The normalized spacial score (nSPS) is 11.8. The highest BCUT2D eigenvalue weighted by molar-refractivity contribution is 7.17. The molecule has 0 aliphatic carbocycles. The summed E-state index contributed by atoms with van der Waals surface area (Å²) in [6.07, 6.45) is 0. The monoisotopic (exact) mass is 432 g/mol. The number of thiophene rings is 1. The Bertz CT molecular complexity index is 1380. The molecule has 2 heterocycles. The number of rotatable bonds is 4. The van der Waals surface area contributed by atoms with E-state index in [0.29, 0.717) is 21.6 Å². The van der Waals surface area contributed by atoms with E-state index in [2.05, 4.69) is 6.07 Å². The molecule has 2 aromatic carbocycles. The number of carboxylic acids is 1. The van der Waals surface area contributed by atoms with Crippen LogP contribution in [0.3, 0.4) is 0 Å². The lowest BCUT2D eigenvalue weighted by atomic mass is 10.00. The second kappa shape index (κ2) is 7.46. The molecule has 0 aliphatic heterocycles. The van der Waals surface area contributed by atoms with Crippen LogP contribution in [0.25, 0.3) is 32.7 Å². The van der Waals surface area contributed by atoms with Crippen LogP contribution in [-0.4, -0.2) is 20.6 Å². The van der Waals surface area contributed by atoms with Gasteiger partial charge in [0.25, 0.3) is 5.56 Å². The van der Waals surface area contributed by atoms with Crippen molar-refractivity contribution in [2.75, 3.05) is 0 Å². The third-order valence-electron chi connectivity index (χ3n) is 5.82. The highest BCUT2D eigenvalue weighted by Crippen LogP contribution is 2.34. The Morgan fingerprint density at radius 2 is 1.65 bits per heavy atom. The number of nitrogens with zero attached hydrogens (tertiary/aromatic N) is 2. The number of carbonyl (C=O) groups is 1. The third-order valence-corrected chi connectivity index (χ3v) is 6.69. The van der Waals surface area contributed by atoms with E-state index in [0.717, 1.165) is 22.3 Å². The summed E-state index contributed by atoms with van der Waals surface area (Å²) in [6.45, 7) is 9.12. The molecule has 0 fully saturated rings. The van der Waals surface area contributed by atoms with Gasteiger partial charge >= 0.3 is 5.97 Å². The van der Waals surface area contributed by atoms with Crippen LogP contribution < -0.4 is 5.56 Å². The van der Waals surface area contributed by atoms with Gasteiger partial charge in [-0.1, -0.05) is 48.0 Å². The standard InChI is InChI=1S/C25H24N2O3S/c1-14-6-9-17(10-7-14)21-26-22-20(23(28)27(21)25(4,5)24(29)30)19(13-31-22)18-11-8-15(2)16(3)12-18/h6-13H,1-5H3,(H,29,30). The zero-order chi connectivity index (χ0) is 22.5. The number of hydrogen-bond donors (Lipinski definition) is 1. The van der Waals surface area contributed by atoms with Crippen LogP contribution in [0, 0.1) is 20.8 Å². The lowest BCUT2D eigenvalue weighted by Crippen LogP contribution is -2.44. The first-order valence-corrected chi connectivity index (χ1v) is 10.9. The summed E-state index contributed by atoms with van der Waals surface area (Å²) in [5, 5.41) is 12.3. The lowest BCUT2D eigenvalue weighted by Gasteiger charge is -2.25. The third kappa shape index (κ3) is 3.47. The molecule has 6 heteroatoms. The Hall–Kier alpha value is -3.25. The van der Waals surface area contributed by atoms with E-state index < -0.39 is 11.5 Å². The van der Waals surface area contributed by atoms with E-state index in [-0.39, 0.29) is 5.56 Å². The highest BCUT2D eigenvalue weighted by atomic mass is 32.1. The summed E-state index contributed by atoms with van der Waals surface area (Å²) in [5.41, 5.74) is 3.98. The van der Waals surface area contributed by atoms with Crippen LogP contribution in [0.15, 0.2) is 52.6 Å². The van der Waals surface area contributed by atoms with Gasteiger partial charge in [0.05, 0.1) is 5.39 Å². The molecule has 0 radical (unpaired) electrons. The molecule has 1 N–H and O–H groups in total. The second-order valence-electron chi connectivity index (χ2n) is 8.43. The average molecular weight is 433 g/mol. The topological polar surface area (TPSA) is 72.2 Å². The fourth-order valence-corrected chi connectivity index (χ4v) is 4.56. The van der Waals surface area contributed by atoms with E-state index in [1.54, 1.807) is 0 Å². The van der Waals surface area contributed by atoms with Crippen molar-refractivity contribution >= 4 is 27.5 Å². The summed E-state index contributed by atoms with van der Waals surface area (Å²) >= 11 is 1.40. The molecule has 0 atom stereocenters. The predicted octanol–water partition coefficient (Wildman–Crippen LogP) is 5.54. The molecule has 5 nitrogen and oxygen atoms in total. The van der Waals surface area contributed by atoms with Gasteiger partial charge in [0.1, 0.15) is 16.2 Å². The lowest BCUT2D eigenvalue weighted by molar-refractivity contribution is -0.145. The summed E-state index contributed by atoms with van der Waals surface area (Å²) in [7, 11) is 0. The van der Waals surface area contributed by atoms with Crippen LogP contribution in [0.2, 0.25) is 0 Å². The van der Waals surface area contributed by atoms with Gasteiger partial charge in [-0.15, -0.1) is 11.3 Å². The second-order valence-corrected chi connectivity index (χ2v) is 9.29. The Morgan fingerprint density at radius 1 is 1.00 bits per heavy atom. The molecule has 31 heavy (non-hydrogen) atoms. The van der Waals surface area contributed by atoms with Crippen molar-refractivity contribution in [3.8, 4) is 22.5 Å². The zero-order valence-corrected chi connectivity index (χ0v) is 19.0. The van der Waals surface area contributed by atoms with Crippen molar-refractivity contribution in [3.63, 3.8) is 0 Å². The molecular weight excluding hydrogens is 408 g/mol. The minimum Gasteiger partial charge on any atom is -0.480 e. The summed E-state index contributed by atoms with van der Waals surface area (Å²) in [4.78, 5) is 31.3. The van der Waals surface area contributed by atoms with E-state index in [9.17, 15) is 14.7 Å². The fraction of sp³-hybridized carbons (Fsp3) is 0.240. The number of aromatic nitrogens is 2.